The zero-order valence-electron chi connectivity index (χ0n) is 41.3. The molecule has 0 bridgehead atoms. The summed E-state index contributed by atoms with van der Waals surface area (Å²) in [6.45, 7) is 14.0. The van der Waals surface area contributed by atoms with Crippen molar-refractivity contribution in [2.24, 2.45) is 0 Å². The molecule has 0 spiro atoms. The molecule has 0 amide bonds. The van der Waals surface area contributed by atoms with Gasteiger partial charge in [-0.05, 0) is 144 Å². The van der Waals surface area contributed by atoms with Crippen LogP contribution in [0.1, 0.15) is 74.9 Å². The molecule has 2 heterocycles. The highest BCUT2D eigenvalue weighted by molar-refractivity contribution is 6.13. The molecule has 12 aromatic rings. The molecule has 0 saturated heterocycles. The van der Waals surface area contributed by atoms with Crippen molar-refractivity contribution < 1.29 is 0 Å². The van der Waals surface area contributed by atoms with Crippen molar-refractivity contribution in [2.75, 3.05) is 0 Å². The summed E-state index contributed by atoms with van der Waals surface area (Å²) < 4.78 is 4.83. The molecule has 2 nitrogen and oxygen atoms in total. The molecule has 0 radical (unpaired) electrons. The van der Waals surface area contributed by atoms with Gasteiger partial charge in [-0.3, -0.25) is 0 Å². The summed E-state index contributed by atoms with van der Waals surface area (Å²) in [5.74, 6) is 0. The Bertz CT molecular complexity index is 3980. The average molecular weight is 913 g/mol. The van der Waals surface area contributed by atoms with Gasteiger partial charge >= 0.3 is 0 Å². The third-order valence-corrected chi connectivity index (χ3v) is 15.5. The zero-order chi connectivity index (χ0) is 48.2. The van der Waals surface area contributed by atoms with E-state index >= 15 is 0 Å². The lowest BCUT2D eigenvalue weighted by Crippen LogP contribution is -2.29. The number of nitrogens with zero attached hydrogens (tertiary/aromatic N) is 2. The lowest BCUT2D eigenvalue weighted by atomic mass is 9.66. The summed E-state index contributed by atoms with van der Waals surface area (Å²) in [4.78, 5) is 0. The summed E-state index contributed by atoms with van der Waals surface area (Å²) in [6.07, 6.45) is 0. The van der Waals surface area contributed by atoms with E-state index in [4.69, 9.17) is 0 Å². The molecule has 0 saturated carbocycles. The van der Waals surface area contributed by atoms with Crippen molar-refractivity contribution in [2.45, 2.75) is 57.8 Å². The van der Waals surface area contributed by atoms with Crippen LogP contribution in [-0.2, 0) is 16.2 Å². The highest BCUT2D eigenvalue weighted by Gasteiger charge is 2.48. The fourth-order valence-electron chi connectivity index (χ4n) is 12.0. The Morgan fingerprint density at radius 1 is 0.310 bits per heavy atom. The molecule has 0 aliphatic heterocycles. The smallest absolute Gasteiger partial charge is 0.0713 e. The molecule has 0 unspecified atom stereocenters. The van der Waals surface area contributed by atoms with Crippen molar-refractivity contribution in [3.8, 4) is 44.8 Å². The maximum Gasteiger partial charge on any atom is 0.0713 e. The van der Waals surface area contributed by atoms with E-state index in [0.29, 0.717) is 0 Å². The molecule has 0 fully saturated rings. The Balaban J connectivity index is 0.973. The second-order valence-electron chi connectivity index (χ2n) is 21.7. The number of rotatable bonds is 6. The molecule has 71 heavy (non-hydrogen) atoms. The highest BCUT2D eigenvalue weighted by atomic mass is 15.0. The van der Waals surface area contributed by atoms with E-state index < -0.39 is 5.41 Å². The Morgan fingerprint density at radius 2 is 0.746 bits per heavy atom. The average Bonchev–Trinajstić information content (AvgIpc) is 4.02. The predicted molar refractivity (Wildman–Crippen MR) is 301 cm³/mol. The molecule has 342 valence electrons. The van der Waals surface area contributed by atoms with E-state index in [1.807, 2.05) is 0 Å². The summed E-state index contributed by atoms with van der Waals surface area (Å²) in [6, 6.07) is 86.6. The molecule has 2 heteroatoms. The molecular weight excluding hydrogens is 857 g/mol. The second-order valence-corrected chi connectivity index (χ2v) is 21.7. The van der Waals surface area contributed by atoms with Gasteiger partial charge in [0.25, 0.3) is 0 Å². The first-order valence-corrected chi connectivity index (χ1v) is 25.2. The largest absolute Gasteiger partial charge is 0.309 e. The molecular formula is C69H56N2. The molecule has 13 rings (SSSR count). The fourth-order valence-corrected chi connectivity index (χ4v) is 12.0. The first kappa shape index (κ1) is 42.9. The van der Waals surface area contributed by atoms with Gasteiger partial charge in [0.2, 0.25) is 0 Å². The van der Waals surface area contributed by atoms with E-state index in [1.165, 1.54) is 116 Å². The Morgan fingerprint density at radius 3 is 1.27 bits per heavy atom. The first-order chi connectivity index (χ1) is 34.5. The second kappa shape index (κ2) is 15.9. The minimum absolute atomic E-state index is 0.0215. The third-order valence-electron chi connectivity index (χ3n) is 15.5. The van der Waals surface area contributed by atoms with Gasteiger partial charge in [-0.2, -0.15) is 0 Å². The van der Waals surface area contributed by atoms with Crippen molar-refractivity contribution in [3.63, 3.8) is 0 Å². The molecule has 2 aromatic heterocycles. The monoisotopic (exact) mass is 912 g/mol. The van der Waals surface area contributed by atoms with Crippen LogP contribution in [0.5, 0.6) is 0 Å². The van der Waals surface area contributed by atoms with Crippen LogP contribution < -0.4 is 0 Å². The number of fused-ring (bicyclic) bond motifs is 9. The van der Waals surface area contributed by atoms with Crippen LogP contribution in [-0.4, -0.2) is 9.13 Å². The van der Waals surface area contributed by atoms with Gasteiger partial charge in [0.05, 0.1) is 27.5 Å². The summed E-state index contributed by atoms with van der Waals surface area (Å²) >= 11 is 0. The van der Waals surface area contributed by atoms with Gasteiger partial charge in [0.15, 0.2) is 0 Å². The lowest BCUT2D eigenvalue weighted by Gasteiger charge is -2.35. The van der Waals surface area contributed by atoms with Gasteiger partial charge in [-0.25, -0.2) is 0 Å². The van der Waals surface area contributed by atoms with Gasteiger partial charge in [-0.1, -0.05) is 205 Å². The van der Waals surface area contributed by atoms with Crippen molar-refractivity contribution in [3.05, 3.63) is 264 Å². The van der Waals surface area contributed by atoms with Crippen LogP contribution in [0, 0.1) is 0 Å². The number of hydrogen-bond acceptors (Lipinski definition) is 0. The standard InChI is InChI=1S/C69H56N2/c1-67(2,3)50-34-37-56-60(43-50)69(48-20-10-7-11-21-48,49-22-12-8-13-23-49)61-44-51(68(4,5)6)42-57(66(56)61)45-30-35-53(36-31-45)71-63-29-19-17-27-55(63)59-41-47(33-39-65(59)71)46-32-38-64-58(40-46)54-26-16-18-28-62(54)70(64)52-24-14-9-15-25-52/h7-44H,1-6H3. The maximum absolute atomic E-state index is 2.54. The van der Waals surface area contributed by atoms with Crippen LogP contribution in [0.25, 0.3) is 88.4 Å². The number of para-hydroxylation sites is 3. The maximum atomic E-state index is 2.54. The first-order valence-electron chi connectivity index (χ1n) is 25.2. The van der Waals surface area contributed by atoms with Crippen LogP contribution in [0.3, 0.4) is 0 Å². The topological polar surface area (TPSA) is 9.86 Å². The van der Waals surface area contributed by atoms with Crippen molar-refractivity contribution in [1.29, 1.82) is 0 Å². The fraction of sp³-hybridized carbons (Fsp3) is 0.130. The lowest BCUT2D eigenvalue weighted by molar-refractivity contribution is 0.586. The van der Waals surface area contributed by atoms with Gasteiger partial charge < -0.3 is 9.13 Å². The van der Waals surface area contributed by atoms with Crippen LogP contribution in [0.15, 0.2) is 231 Å². The zero-order valence-corrected chi connectivity index (χ0v) is 41.3. The summed E-state index contributed by atoms with van der Waals surface area (Å²) in [7, 11) is 0. The quantitative estimate of drug-likeness (QED) is 0.157. The Hall–Kier alpha value is -8.20. The minimum Gasteiger partial charge on any atom is -0.309 e. The molecule has 0 N–H and O–H groups in total. The van der Waals surface area contributed by atoms with Crippen LogP contribution in [0.4, 0.5) is 0 Å². The Kier molecular flexibility index (Phi) is 9.61. The number of aromatic nitrogens is 2. The van der Waals surface area contributed by atoms with E-state index in [2.05, 4.69) is 281 Å². The van der Waals surface area contributed by atoms with Gasteiger partial charge in [0, 0.05) is 32.9 Å². The van der Waals surface area contributed by atoms with Crippen molar-refractivity contribution >= 4 is 43.6 Å². The molecule has 1 aliphatic rings. The summed E-state index contributed by atoms with van der Waals surface area (Å²) in [5.41, 5.74) is 22.0. The normalized spacial score (nSPS) is 13.3. The summed E-state index contributed by atoms with van der Waals surface area (Å²) in [5, 5.41) is 5.01. The number of benzene rings is 10. The predicted octanol–water partition coefficient (Wildman–Crippen LogP) is 18.2. The Labute approximate surface area is 417 Å². The van der Waals surface area contributed by atoms with E-state index in [0.717, 1.165) is 5.69 Å². The van der Waals surface area contributed by atoms with Gasteiger partial charge in [-0.15, -0.1) is 0 Å². The van der Waals surface area contributed by atoms with E-state index in [1.54, 1.807) is 0 Å². The molecule has 0 atom stereocenters. The minimum atomic E-state index is -0.515. The number of hydrogen-bond donors (Lipinski definition) is 0. The van der Waals surface area contributed by atoms with E-state index in [-0.39, 0.29) is 10.8 Å². The van der Waals surface area contributed by atoms with Gasteiger partial charge in [0.1, 0.15) is 0 Å². The van der Waals surface area contributed by atoms with Crippen LogP contribution >= 0.6 is 0 Å². The van der Waals surface area contributed by atoms with E-state index in [9.17, 15) is 0 Å². The highest BCUT2D eigenvalue weighted by Crippen LogP contribution is 2.60. The third kappa shape index (κ3) is 6.61. The van der Waals surface area contributed by atoms with Crippen LogP contribution in [0.2, 0.25) is 0 Å². The van der Waals surface area contributed by atoms with Crippen molar-refractivity contribution in [1.82, 2.24) is 9.13 Å². The SMILES string of the molecule is CC(C)(C)c1ccc2c(c1)C(c1ccccc1)(c1ccccc1)c1cc(C(C)(C)C)cc(-c3ccc(-n4c5ccccc5c5cc(-c6ccc7c(c6)c6ccccc6n7-c6ccccc6)ccc54)cc3)c1-2. The molecule has 10 aromatic carbocycles. The molecule has 1 aliphatic carbocycles.